The normalized spacial score (nSPS) is 33.6. The molecule has 25 heavy (non-hydrogen) atoms. The number of hydrogen-bond acceptors (Lipinski definition) is 1. The lowest BCUT2D eigenvalue weighted by atomic mass is 9.86. The Morgan fingerprint density at radius 3 is 1.20 bits per heavy atom. The average Bonchev–Trinajstić information content (AvgIpc) is 2.43. The van der Waals surface area contributed by atoms with Crippen LogP contribution in [-0.4, -0.2) is 45.4 Å². The van der Waals surface area contributed by atoms with E-state index in [1.54, 1.807) is 0 Å². The average molecular weight is 465 g/mol. The van der Waals surface area contributed by atoms with Crippen molar-refractivity contribution in [3.63, 3.8) is 0 Å². The summed E-state index contributed by atoms with van der Waals surface area (Å²) < 4.78 is 166. The zero-order valence-corrected chi connectivity index (χ0v) is 12.7. The van der Waals surface area contributed by atoms with Crippen LogP contribution in [0, 0.1) is 0 Å². The highest BCUT2D eigenvalue weighted by Crippen LogP contribution is 2.73. The minimum atomic E-state index is -7.37. The summed E-state index contributed by atoms with van der Waals surface area (Å²) >= 11 is 13.0. The maximum atomic E-state index is 14.2. The van der Waals surface area contributed by atoms with Crippen LogP contribution in [0.2, 0.25) is 0 Å². The molecule has 2 atom stereocenters. The van der Waals surface area contributed by atoms with E-state index in [9.17, 15) is 57.1 Å². The van der Waals surface area contributed by atoms with E-state index in [0.717, 1.165) is 0 Å². The quantitative estimate of drug-likeness (QED) is 0.369. The Morgan fingerprint density at radius 2 is 0.920 bits per heavy atom. The molecule has 0 N–H and O–H groups in total. The first-order chi connectivity index (χ1) is 10.5. The van der Waals surface area contributed by atoms with Gasteiger partial charge in [-0.15, -0.1) is 0 Å². The molecule has 0 radical (unpaired) electrons. The number of rotatable bonds is 2. The van der Waals surface area contributed by atoms with E-state index < -0.39 is 45.4 Å². The van der Waals surface area contributed by atoms with Crippen LogP contribution < -0.4 is 0 Å². The molecule has 1 fully saturated rings. The molecule has 0 spiro atoms. The lowest BCUT2D eigenvalue weighted by Gasteiger charge is -2.40. The second-order valence-corrected chi connectivity index (χ2v) is 6.38. The fourth-order valence-corrected chi connectivity index (χ4v) is 2.87. The molecular weight excluding hydrogens is 465 g/mol. The summed E-state index contributed by atoms with van der Waals surface area (Å²) in [4.78, 5) is 0. The summed E-state index contributed by atoms with van der Waals surface area (Å²) in [5.74, 6) is -21.6. The summed E-state index contributed by atoms with van der Waals surface area (Å²) in [6, 6.07) is 0. The van der Waals surface area contributed by atoms with Gasteiger partial charge >= 0.3 is 35.8 Å². The first-order valence-electron chi connectivity index (χ1n) is 5.18. The predicted molar refractivity (Wildman–Crippen MR) is 54.9 cm³/mol. The molecular formula is C8Cl3F13O. The maximum Gasteiger partial charge on any atom is 0.458 e. The largest absolute Gasteiger partial charge is 0.458 e. The third kappa shape index (κ3) is 2.42. The summed E-state index contributed by atoms with van der Waals surface area (Å²) in [5.41, 5.74) is -6.87. The van der Waals surface area contributed by atoms with Gasteiger partial charge in [0, 0.05) is 0 Å². The topological polar surface area (TPSA) is 9.23 Å². The molecule has 0 saturated carbocycles. The lowest BCUT2D eigenvalue weighted by molar-refractivity contribution is -0.376. The predicted octanol–water partition coefficient (Wildman–Crippen LogP) is 5.82. The molecule has 17 heteroatoms. The molecule has 1 heterocycles. The second kappa shape index (κ2) is 5.25. The Morgan fingerprint density at radius 1 is 0.600 bits per heavy atom. The molecule has 0 aromatic heterocycles. The molecule has 0 aromatic rings. The fourth-order valence-electron chi connectivity index (χ4n) is 1.73. The van der Waals surface area contributed by atoms with Crippen molar-refractivity contribution in [2.24, 2.45) is 0 Å². The molecule has 1 aliphatic heterocycles. The third-order valence-corrected chi connectivity index (χ3v) is 4.28. The Balaban J connectivity index is 3.84. The van der Waals surface area contributed by atoms with Gasteiger partial charge in [-0.2, -0.15) is 52.7 Å². The molecule has 1 rings (SSSR count). The first-order valence-corrected chi connectivity index (χ1v) is 6.32. The third-order valence-electron chi connectivity index (χ3n) is 3.05. The zero-order chi connectivity index (χ0) is 20.7. The van der Waals surface area contributed by atoms with Crippen LogP contribution in [0.3, 0.4) is 0 Å². The minimum absolute atomic E-state index is 2.86. The Labute approximate surface area is 142 Å². The maximum absolute atomic E-state index is 14.2. The van der Waals surface area contributed by atoms with E-state index >= 15 is 0 Å². The molecule has 0 amide bonds. The van der Waals surface area contributed by atoms with E-state index in [4.69, 9.17) is 0 Å². The van der Waals surface area contributed by atoms with Gasteiger partial charge in [-0.05, 0) is 0 Å². The van der Waals surface area contributed by atoms with Crippen molar-refractivity contribution in [2.45, 2.75) is 45.4 Å². The van der Waals surface area contributed by atoms with E-state index in [-0.39, 0.29) is 0 Å². The summed E-state index contributed by atoms with van der Waals surface area (Å²) in [6.07, 6.45) is -14.4. The summed E-state index contributed by atoms with van der Waals surface area (Å²) in [7, 11) is 0. The van der Waals surface area contributed by atoms with Gasteiger partial charge in [0.25, 0.3) is 9.58 Å². The number of halogens is 16. The lowest BCUT2D eigenvalue weighted by Crippen LogP contribution is -2.72. The van der Waals surface area contributed by atoms with Crippen LogP contribution in [0.1, 0.15) is 0 Å². The van der Waals surface area contributed by atoms with E-state index in [2.05, 4.69) is 39.5 Å². The van der Waals surface area contributed by atoms with Crippen molar-refractivity contribution >= 4 is 34.8 Å². The number of alkyl halides is 16. The van der Waals surface area contributed by atoms with Crippen molar-refractivity contribution in [2.75, 3.05) is 0 Å². The summed E-state index contributed by atoms with van der Waals surface area (Å²) in [5, 5.41) is -6.18. The van der Waals surface area contributed by atoms with Crippen molar-refractivity contribution < 1.29 is 61.8 Å². The molecule has 0 unspecified atom stereocenters. The molecule has 1 nitrogen and oxygen atoms in total. The van der Waals surface area contributed by atoms with Gasteiger partial charge in [0.2, 0.25) is 0 Å². The molecule has 1 saturated heterocycles. The highest BCUT2D eigenvalue weighted by atomic mass is 35.5. The van der Waals surface area contributed by atoms with Crippen molar-refractivity contribution in [1.29, 1.82) is 0 Å². The Hall–Kier alpha value is -0.0800. The number of ether oxygens (including phenoxy) is 1. The van der Waals surface area contributed by atoms with Crippen LogP contribution >= 0.6 is 34.8 Å². The van der Waals surface area contributed by atoms with Gasteiger partial charge in [0.05, 0.1) is 0 Å². The summed E-state index contributed by atoms with van der Waals surface area (Å²) in [6.45, 7) is 0. The van der Waals surface area contributed by atoms with E-state index in [1.165, 1.54) is 0 Å². The van der Waals surface area contributed by atoms with Crippen LogP contribution in [0.15, 0.2) is 0 Å². The molecule has 0 aromatic carbocycles. The SMILES string of the molecule is FC(F)(F)C(F)(F)[C@]1(Cl)OC(Cl)(Cl)[C@](F)(C(F)(F)C(F)(F)F)C1(F)F. The highest BCUT2D eigenvalue weighted by molar-refractivity contribution is 6.49. The molecule has 0 bridgehead atoms. The highest BCUT2D eigenvalue weighted by Gasteiger charge is 3.00. The van der Waals surface area contributed by atoms with Crippen LogP contribution in [-0.2, 0) is 4.74 Å². The minimum Gasteiger partial charge on any atom is -0.309 e. The van der Waals surface area contributed by atoms with Crippen LogP contribution in [0.5, 0.6) is 0 Å². The van der Waals surface area contributed by atoms with Gasteiger partial charge in [-0.3, -0.25) is 0 Å². The monoisotopic (exact) mass is 464 g/mol. The van der Waals surface area contributed by atoms with Crippen LogP contribution in [0.25, 0.3) is 0 Å². The number of hydrogen-bond donors (Lipinski definition) is 0. The molecule has 1 aliphatic rings. The fraction of sp³-hybridized carbons (Fsp3) is 1.00. The van der Waals surface area contributed by atoms with Gasteiger partial charge in [-0.25, -0.2) is 4.39 Å². The standard InChI is InChI=1S/C8Cl3F13O/c9-2(5(17,18)8(22,23)24)3(13,14)1(12,6(10,11)25-2)4(15,16)7(19,20)21/t1-,2-/m1/s1. The molecule has 0 aliphatic carbocycles. The zero-order valence-electron chi connectivity index (χ0n) is 10.5. The van der Waals surface area contributed by atoms with Crippen molar-refractivity contribution in [3.05, 3.63) is 0 Å². The van der Waals surface area contributed by atoms with Gasteiger partial charge in [0.1, 0.15) is 0 Å². The van der Waals surface area contributed by atoms with Gasteiger partial charge < -0.3 is 4.74 Å². The van der Waals surface area contributed by atoms with Gasteiger partial charge in [-0.1, -0.05) is 34.8 Å². The Bertz CT molecular complexity index is 554. The second-order valence-electron chi connectivity index (χ2n) is 4.59. The van der Waals surface area contributed by atoms with Gasteiger partial charge in [0.15, 0.2) is 0 Å². The smallest absolute Gasteiger partial charge is 0.309 e. The molecule has 150 valence electrons. The van der Waals surface area contributed by atoms with E-state index in [0.29, 0.717) is 0 Å². The van der Waals surface area contributed by atoms with Crippen LogP contribution in [0.4, 0.5) is 57.1 Å². The van der Waals surface area contributed by atoms with Crippen molar-refractivity contribution in [3.8, 4) is 0 Å². The van der Waals surface area contributed by atoms with E-state index in [1.807, 2.05) is 0 Å². The first kappa shape index (κ1) is 23.0. The Kier molecular flexibility index (Phi) is 4.82. The van der Waals surface area contributed by atoms with Crippen molar-refractivity contribution in [1.82, 2.24) is 0 Å².